The molecule has 5 heteroatoms. The molecule has 0 aliphatic carbocycles. The zero-order chi connectivity index (χ0) is 23.5. The Morgan fingerprint density at radius 2 is 1.61 bits per heavy atom. The number of para-hydroxylation sites is 1. The fourth-order valence-corrected chi connectivity index (χ4v) is 4.25. The topological polar surface area (TPSA) is 52.7 Å². The number of benzene rings is 3. The van der Waals surface area contributed by atoms with Gasteiger partial charge in [-0.2, -0.15) is 0 Å². The second-order valence-corrected chi connectivity index (χ2v) is 8.93. The number of hydrogen-bond donors (Lipinski definition) is 1. The summed E-state index contributed by atoms with van der Waals surface area (Å²) in [4.78, 5) is 30.4. The van der Waals surface area contributed by atoms with Crippen molar-refractivity contribution in [3.05, 3.63) is 94.5 Å². The van der Waals surface area contributed by atoms with Crippen LogP contribution in [0.3, 0.4) is 0 Å². The lowest BCUT2D eigenvalue weighted by atomic mass is 10.0. The smallest absolute Gasteiger partial charge is 0.258 e. The second kappa shape index (κ2) is 9.59. The van der Waals surface area contributed by atoms with Crippen molar-refractivity contribution in [2.45, 2.75) is 40.3 Å². The lowest BCUT2D eigenvalue weighted by Crippen LogP contribution is -2.38. The molecule has 0 bridgehead atoms. The number of carbonyl (C=O) groups excluding carboxylic acids is 2. The van der Waals surface area contributed by atoms with Gasteiger partial charge in [-0.25, -0.2) is 0 Å². The van der Waals surface area contributed by atoms with Crippen LogP contribution in [0.5, 0.6) is 0 Å². The van der Waals surface area contributed by atoms with E-state index in [1.165, 1.54) is 0 Å². The van der Waals surface area contributed by atoms with Crippen molar-refractivity contribution in [2.75, 3.05) is 23.3 Å². The molecule has 5 nitrogen and oxygen atoms in total. The van der Waals surface area contributed by atoms with Gasteiger partial charge >= 0.3 is 0 Å². The Bertz CT molecular complexity index is 1170. The first-order chi connectivity index (χ1) is 15.8. The summed E-state index contributed by atoms with van der Waals surface area (Å²) in [6.45, 7) is 10.6. The molecular weight excluding hydrogens is 410 g/mol. The van der Waals surface area contributed by atoms with E-state index in [0.717, 1.165) is 35.5 Å². The molecule has 1 N–H and O–H groups in total. The maximum Gasteiger partial charge on any atom is 0.258 e. The Kier molecular flexibility index (Phi) is 6.61. The molecule has 0 radical (unpaired) electrons. The fourth-order valence-electron chi connectivity index (χ4n) is 4.25. The Morgan fingerprint density at radius 3 is 2.33 bits per heavy atom. The average Bonchev–Trinajstić information content (AvgIpc) is 3.01. The third kappa shape index (κ3) is 4.83. The molecule has 3 aromatic rings. The molecule has 1 aliphatic heterocycles. The van der Waals surface area contributed by atoms with E-state index < -0.39 is 0 Å². The zero-order valence-electron chi connectivity index (χ0n) is 19.8. The lowest BCUT2D eigenvalue weighted by molar-refractivity contribution is 0.0982. The van der Waals surface area contributed by atoms with Crippen molar-refractivity contribution >= 4 is 23.2 Å². The first kappa shape index (κ1) is 22.7. The van der Waals surface area contributed by atoms with Gasteiger partial charge in [0.1, 0.15) is 0 Å². The van der Waals surface area contributed by atoms with E-state index in [2.05, 4.69) is 30.1 Å². The van der Waals surface area contributed by atoms with Crippen LogP contribution in [0.25, 0.3) is 0 Å². The normalized spacial score (nSPS) is 14.0. The summed E-state index contributed by atoms with van der Waals surface area (Å²) in [6.07, 6.45) is 0. The number of hydrogen-bond acceptors (Lipinski definition) is 3. The predicted molar refractivity (Wildman–Crippen MR) is 134 cm³/mol. The van der Waals surface area contributed by atoms with Gasteiger partial charge in [-0.3, -0.25) is 14.5 Å². The molecule has 0 unspecified atom stereocenters. The average molecular weight is 442 g/mol. The highest BCUT2D eigenvalue weighted by Crippen LogP contribution is 2.27. The molecular formula is C28H31N3O2. The number of nitrogens with zero attached hydrogens (tertiary/aromatic N) is 2. The first-order valence-electron chi connectivity index (χ1n) is 11.5. The number of carbonyl (C=O) groups is 2. The molecule has 0 saturated heterocycles. The maximum absolute atomic E-state index is 13.4. The van der Waals surface area contributed by atoms with Crippen molar-refractivity contribution in [1.29, 1.82) is 0 Å². The minimum atomic E-state index is -0.148. The highest BCUT2D eigenvalue weighted by molar-refractivity contribution is 6.08. The van der Waals surface area contributed by atoms with E-state index >= 15 is 0 Å². The van der Waals surface area contributed by atoms with Gasteiger partial charge in [0, 0.05) is 48.2 Å². The van der Waals surface area contributed by atoms with E-state index in [-0.39, 0.29) is 11.8 Å². The van der Waals surface area contributed by atoms with Crippen molar-refractivity contribution in [3.63, 3.8) is 0 Å². The van der Waals surface area contributed by atoms with Crippen molar-refractivity contribution in [1.82, 2.24) is 4.90 Å². The second-order valence-electron chi connectivity index (χ2n) is 8.93. The van der Waals surface area contributed by atoms with Crippen LogP contribution >= 0.6 is 0 Å². The minimum absolute atomic E-state index is 0.0274. The molecule has 0 fully saturated rings. The number of fused-ring (bicyclic) bond motifs is 1. The van der Waals surface area contributed by atoms with Crippen molar-refractivity contribution < 1.29 is 9.59 Å². The van der Waals surface area contributed by atoms with Gasteiger partial charge in [-0.15, -0.1) is 0 Å². The van der Waals surface area contributed by atoms with Gasteiger partial charge in [0.2, 0.25) is 0 Å². The van der Waals surface area contributed by atoms with E-state index in [1.807, 2.05) is 55.1 Å². The number of amides is 2. The number of rotatable bonds is 4. The van der Waals surface area contributed by atoms with Gasteiger partial charge in [0.15, 0.2) is 0 Å². The van der Waals surface area contributed by atoms with Crippen LogP contribution in [0.4, 0.5) is 11.4 Å². The Labute approximate surface area is 196 Å². The van der Waals surface area contributed by atoms with Crippen LogP contribution in [0.2, 0.25) is 0 Å². The van der Waals surface area contributed by atoms with E-state index in [4.69, 9.17) is 0 Å². The van der Waals surface area contributed by atoms with Crippen molar-refractivity contribution in [2.24, 2.45) is 0 Å². The summed E-state index contributed by atoms with van der Waals surface area (Å²) >= 11 is 0. The molecule has 3 aromatic carbocycles. The third-order valence-corrected chi connectivity index (χ3v) is 6.48. The van der Waals surface area contributed by atoms with Crippen LogP contribution < -0.4 is 10.2 Å². The fraction of sp³-hybridized carbons (Fsp3) is 0.286. The van der Waals surface area contributed by atoms with Crippen LogP contribution in [0, 0.1) is 13.8 Å². The number of aryl methyl sites for hydroxylation is 1. The van der Waals surface area contributed by atoms with Gasteiger partial charge in [0.25, 0.3) is 11.8 Å². The van der Waals surface area contributed by atoms with E-state index in [1.54, 1.807) is 24.3 Å². The largest absolute Gasteiger partial charge is 0.322 e. The highest BCUT2D eigenvalue weighted by atomic mass is 16.2. The Morgan fingerprint density at radius 1 is 0.879 bits per heavy atom. The number of anilines is 2. The van der Waals surface area contributed by atoms with Crippen LogP contribution in [-0.2, 0) is 6.54 Å². The molecule has 170 valence electrons. The maximum atomic E-state index is 13.4. The SMILES string of the molecule is Cc1cccc(C(=O)Nc2ccc(C(=O)N3CCN(C(C)C)Cc4ccccc43)cc2)c1C. The highest BCUT2D eigenvalue weighted by Gasteiger charge is 2.26. The first-order valence-corrected chi connectivity index (χ1v) is 11.5. The molecule has 1 aliphatic rings. The summed E-state index contributed by atoms with van der Waals surface area (Å²) in [5.41, 5.74) is 6.11. The van der Waals surface area contributed by atoms with Gasteiger partial charge in [0.05, 0.1) is 0 Å². The molecule has 2 amide bonds. The van der Waals surface area contributed by atoms with E-state index in [0.29, 0.717) is 29.4 Å². The minimum Gasteiger partial charge on any atom is -0.322 e. The lowest BCUT2D eigenvalue weighted by Gasteiger charge is -2.25. The van der Waals surface area contributed by atoms with Crippen LogP contribution in [-0.4, -0.2) is 35.8 Å². The van der Waals surface area contributed by atoms with Crippen LogP contribution in [0.15, 0.2) is 66.7 Å². The molecule has 0 saturated carbocycles. The molecule has 0 aromatic heterocycles. The van der Waals surface area contributed by atoms with Gasteiger partial charge in [-0.05, 0) is 80.8 Å². The zero-order valence-corrected chi connectivity index (χ0v) is 19.8. The van der Waals surface area contributed by atoms with Crippen LogP contribution in [0.1, 0.15) is 51.3 Å². The summed E-state index contributed by atoms with van der Waals surface area (Å²) < 4.78 is 0. The molecule has 0 atom stereocenters. The Hall–Kier alpha value is -3.44. The molecule has 33 heavy (non-hydrogen) atoms. The Balaban J connectivity index is 1.53. The van der Waals surface area contributed by atoms with Gasteiger partial charge in [-0.1, -0.05) is 30.3 Å². The summed E-state index contributed by atoms with van der Waals surface area (Å²) in [7, 11) is 0. The monoisotopic (exact) mass is 441 g/mol. The van der Waals surface area contributed by atoms with E-state index in [9.17, 15) is 9.59 Å². The molecule has 0 spiro atoms. The summed E-state index contributed by atoms with van der Waals surface area (Å²) in [6, 6.07) is 21.4. The van der Waals surface area contributed by atoms with Gasteiger partial charge < -0.3 is 10.2 Å². The summed E-state index contributed by atoms with van der Waals surface area (Å²) in [5.74, 6) is -0.175. The molecule has 4 rings (SSSR count). The standard InChI is InChI=1S/C28H31N3O2/c1-19(2)30-16-17-31(26-11-6-5-9-23(26)18-30)28(33)22-12-14-24(15-13-22)29-27(32)25-10-7-8-20(3)21(25)4/h5-15,19H,16-18H2,1-4H3,(H,29,32). The quantitative estimate of drug-likeness (QED) is 0.588. The van der Waals surface area contributed by atoms with Crippen molar-refractivity contribution in [3.8, 4) is 0 Å². The molecule has 1 heterocycles. The third-order valence-electron chi connectivity index (χ3n) is 6.48. The number of nitrogens with one attached hydrogen (secondary N) is 1. The summed E-state index contributed by atoms with van der Waals surface area (Å²) in [5, 5.41) is 2.95. The predicted octanol–water partition coefficient (Wildman–Crippen LogP) is 5.43.